The molecule has 33 heavy (non-hydrogen) atoms. The zero-order valence-corrected chi connectivity index (χ0v) is 18.6. The maximum Gasteiger partial charge on any atom is 0.343 e. The SMILES string of the molecule is [2H]C([C@@H]1CCN(Cc2ccccc2)C1)n1c(-c2ccc(-c3ccc(OC)cc3)cc2)nn([2H])c1=O. The minimum atomic E-state index is -0.807. The van der Waals surface area contributed by atoms with Gasteiger partial charge in [-0.15, -0.1) is 0 Å². The average molecular weight is 443 g/mol. The molecule has 1 N–H and O–H groups in total. The number of hydrogen-bond donors (Lipinski definition) is 1. The van der Waals surface area contributed by atoms with Crippen molar-refractivity contribution in [2.75, 3.05) is 20.2 Å². The van der Waals surface area contributed by atoms with Crippen LogP contribution < -0.4 is 10.4 Å². The minimum Gasteiger partial charge on any atom is -0.497 e. The van der Waals surface area contributed by atoms with E-state index in [1.165, 1.54) is 10.1 Å². The number of aromatic nitrogens is 3. The summed E-state index contributed by atoms with van der Waals surface area (Å²) < 4.78 is 23.5. The van der Waals surface area contributed by atoms with Gasteiger partial charge in [-0.1, -0.05) is 66.7 Å². The van der Waals surface area contributed by atoms with Crippen LogP contribution >= 0.6 is 0 Å². The Morgan fingerprint density at radius 3 is 2.39 bits per heavy atom. The van der Waals surface area contributed by atoms with Crippen molar-refractivity contribution in [3.05, 3.63) is 94.9 Å². The Balaban J connectivity index is 1.36. The number of aromatic amines is 1. The van der Waals surface area contributed by atoms with Gasteiger partial charge in [-0.05, 0) is 47.7 Å². The third kappa shape index (κ3) is 4.76. The number of benzene rings is 3. The molecule has 2 atom stereocenters. The summed E-state index contributed by atoms with van der Waals surface area (Å²) in [5, 5.41) is 4.76. The zero-order chi connectivity index (χ0) is 24.4. The lowest BCUT2D eigenvalue weighted by atomic mass is 10.0. The highest BCUT2D eigenvalue weighted by atomic mass is 16.5. The van der Waals surface area contributed by atoms with Crippen LogP contribution in [0.1, 0.15) is 13.4 Å². The summed E-state index contributed by atoms with van der Waals surface area (Å²) in [6, 6.07) is 25.8. The van der Waals surface area contributed by atoms with Gasteiger partial charge in [-0.25, -0.2) is 9.89 Å². The summed E-state index contributed by atoms with van der Waals surface area (Å²) in [5.41, 5.74) is 3.43. The van der Waals surface area contributed by atoms with Crippen molar-refractivity contribution < 1.29 is 7.52 Å². The number of likely N-dealkylation sites (tertiary alicyclic amines) is 1. The van der Waals surface area contributed by atoms with Gasteiger partial charge in [0.2, 0.25) is 0 Å². The minimum absolute atomic E-state index is 0.0158. The molecule has 1 saturated heterocycles. The molecule has 6 nitrogen and oxygen atoms in total. The van der Waals surface area contributed by atoms with Gasteiger partial charge < -0.3 is 4.74 Å². The number of ether oxygens (including phenoxy) is 1. The standard InChI is InChI=1S/C27H28N4O2/c1-33-25-13-11-23(12-14-25)22-7-9-24(10-8-22)26-28-29-27(32)31(26)19-21-15-16-30(18-21)17-20-5-3-2-4-6-20/h2-14,21H,15-19H2,1H3,(H,29,32)/t21-/m1/s1/i19D/hD/t19?,21-. The molecule has 0 bridgehead atoms. The van der Waals surface area contributed by atoms with Crippen LogP contribution in [0.2, 0.25) is 1.41 Å². The van der Waals surface area contributed by atoms with Gasteiger partial charge in [-0.2, -0.15) is 5.10 Å². The van der Waals surface area contributed by atoms with E-state index in [4.69, 9.17) is 7.52 Å². The Bertz CT molecular complexity index is 1330. The van der Waals surface area contributed by atoms with Crippen molar-refractivity contribution in [2.24, 2.45) is 5.92 Å². The van der Waals surface area contributed by atoms with Gasteiger partial charge in [0.1, 0.15) is 5.75 Å². The van der Waals surface area contributed by atoms with Gasteiger partial charge in [-0.3, -0.25) is 9.47 Å². The summed E-state index contributed by atoms with van der Waals surface area (Å²) in [7, 11) is 1.64. The molecule has 0 radical (unpaired) electrons. The highest BCUT2D eigenvalue weighted by Crippen LogP contribution is 2.26. The Hall–Kier alpha value is -3.64. The predicted octanol–water partition coefficient (Wildman–Crippen LogP) is 4.44. The summed E-state index contributed by atoms with van der Waals surface area (Å²) in [6.45, 7) is 1.63. The quantitative estimate of drug-likeness (QED) is 0.460. The van der Waals surface area contributed by atoms with Crippen LogP contribution in [0.5, 0.6) is 5.75 Å². The van der Waals surface area contributed by atoms with Crippen molar-refractivity contribution in [3.8, 4) is 28.3 Å². The second-order valence-electron chi connectivity index (χ2n) is 8.40. The molecular formula is C27H28N4O2. The summed E-state index contributed by atoms with van der Waals surface area (Å²) >= 11 is 0. The fraction of sp³-hybridized carbons (Fsp3) is 0.259. The highest BCUT2D eigenvalue weighted by molar-refractivity contribution is 5.68. The number of nitrogens with one attached hydrogen (secondary N) is 1. The van der Waals surface area contributed by atoms with E-state index in [0.29, 0.717) is 16.5 Å². The fourth-order valence-corrected chi connectivity index (χ4v) is 4.38. The third-order valence-corrected chi connectivity index (χ3v) is 6.15. The molecule has 4 aromatic rings. The number of H-pyrrole nitrogens is 1. The topological polar surface area (TPSA) is 63.1 Å². The smallest absolute Gasteiger partial charge is 0.343 e. The lowest BCUT2D eigenvalue weighted by molar-refractivity contribution is 0.309. The van der Waals surface area contributed by atoms with E-state index in [0.717, 1.165) is 42.9 Å². The molecule has 0 spiro atoms. The molecule has 0 amide bonds. The first-order chi connectivity index (χ1) is 17.0. The first-order valence-electron chi connectivity index (χ1n) is 12.2. The van der Waals surface area contributed by atoms with E-state index in [1.54, 1.807) is 7.11 Å². The zero-order valence-electron chi connectivity index (χ0n) is 20.6. The lowest BCUT2D eigenvalue weighted by Crippen LogP contribution is -2.25. The first kappa shape index (κ1) is 18.9. The maximum atomic E-state index is 12.8. The van der Waals surface area contributed by atoms with Gasteiger partial charge >= 0.3 is 5.69 Å². The Morgan fingerprint density at radius 1 is 1.03 bits per heavy atom. The van der Waals surface area contributed by atoms with Crippen molar-refractivity contribution in [3.63, 3.8) is 0 Å². The normalized spacial score (nSPS) is 18.0. The number of nitrogens with zero attached hydrogens (tertiary/aromatic N) is 3. The molecule has 3 aromatic carbocycles. The van der Waals surface area contributed by atoms with Gasteiger partial charge in [0.15, 0.2) is 7.24 Å². The Labute approximate surface area is 196 Å². The highest BCUT2D eigenvalue weighted by Gasteiger charge is 2.24. The van der Waals surface area contributed by atoms with E-state index < -0.39 is 12.2 Å². The molecule has 1 aliphatic rings. The van der Waals surface area contributed by atoms with E-state index >= 15 is 0 Å². The summed E-state index contributed by atoms with van der Waals surface area (Å²) in [6.07, 6.45) is 0.826. The largest absolute Gasteiger partial charge is 0.497 e. The van der Waals surface area contributed by atoms with Crippen LogP contribution in [0.4, 0.5) is 0 Å². The Kier molecular flexibility index (Phi) is 5.42. The molecule has 0 aliphatic carbocycles. The van der Waals surface area contributed by atoms with Crippen molar-refractivity contribution in [1.29, 1.82) is 0 Å². The molecule has 5 rings (SSSR count). The Morgan fingerprint density at radius 2 is 1.70 bits per heavy atom. The number of methoxy groups -OCH3 is 1. The number of hydrogen-bond acceptors (Lipinski definition) is 4. The predicted molar refractivity (Wildman–Crippen MR) is 130 cm³/mol. The fourth-order valence-electron chi connectivity index (χ4n) is 4.38. The second kappa shape index (κ2) is 9.46. The average Bonchev–Trinajstić information content (AvgIpc) is 3.48. The molecule has 1 unspecified atom stereocenters. The van der Waals surface area contributed by atoms with Crippen LogP contribution in [-0.2, 0) is 13.1 Å². The van der Waals surface area contributed by atoms with E-state index in [9.17, 15) is 4.79 Å². The maximum absolute atomic E-state index is 12.8. The van der Waals surface area contributed by atoms with E-state index in [1.807, 2.05) is 66.7 Å². The van der Waals surface area contributed by atoms with Crippen molar-refractivity contribution >= 4 is 0 Å². The van der Waals surface area contributed by atoms with Crippen LogP contribution in [0.25, 0.3) is 22.5 Å². The lowest BCUT2D eigenvalue weighted by Gasteiger charge is -2.16. The van der Waals surface area contributed by atoms with Crippen LogP contribution in [0, 0.1) is 5.92 Å². The number of rotatable bonds is 7. The molecular weight excluding hydrogens is 412 g/mol. The van der Waals surface area contributed by atoms with E-state index in [2.05, 4.69) is 22.1 Å². The molecule has 0 saturated carbocycles. The van der Waals surface area contributed by atoms with Crippen molar-refractivity contribution in [1.82, 2.24) is 19.7 Å². The van der Waals surface area contributed by atoms with E-state index in [-0.39, 0.29) is 5.92 Å². The molecule has 1 aliphatic heterocycles. The van der Waals surface area contributed by atoms with Gasteiger partial charge in [0.25, 0.3) is 0 Å². The van der Waals surface area contributed by atoms with Crippen molar-refractivity contribution in [2.45, 2.75) is 19.5 Å². The van der Waals surface area contributed by atoms with Crippen LogP contribution in [-0.4, -0.2) is 39.9 Å². The van der Waals surface area contributed by atoms with Gasteiger partial charge in [0.05, 0.1) is 8.48 Å². The van der Waals surface area contributed by atoms with Crippen LogP contribution in [0.15, 0.2) is 83.7 Å². The molecule has 1 aromatic heterocycles. The summed E-state index contributed by atoms with van der Waals surface area (Å²) in [5.74, 6) is 1.14. The molecule has 6 heteroatoms. The second-order valence-corrected chi connectivity index (χ2v) is 8.40. The van der Waals surface area contributed by atoms with Gasteiger partial charge in [0, 0.05) is 25.2 Å². The van der Waals surface area contributed by atoms with Crippen LogP contribution in [0.3, 0.4) is 0 Å². The molecule has 168 valence electrons. The molecule has 2 heterocycles. The first-order valence-corrected chi connectivity index (χ1v) is 11.2. The molecule has 1 fully saturated rings. The summed E-state index contributed by atoms with van der Waals surface area (Å²) in [4.78, 5) is 15.1. The third-order valence-electron chi connectivity index (χ3n) is 6.15. The monoisotopic (exact) mass is 442 g/mol.